The van der Waals surface area contributed by atoms with Crippen LogP contribution in [0.4, 0.5) is 0 Å². The summed E-state index contributed by atoms with van der Waals surface area (Å²) in [6.07, 6.45) is 3.65. The molecule has 2 saturated heterocycles. The molecule has 12 atom stereocenters. The first-order valence-corrected chi connectivity index (χ1v) is 25.3. The average molecular weight is 967 g/mol. The molecule has 4 aliphatic carbocycles. The second kappa shape index (κ2) is 19.9. The number of nitrogens with zero attached hydrogens (tertiary/aromatic N) is 2. The molecule has 6 fully saturated rings. The van der Waals surface area contributed by atoms with E-state index in [0.717, 1.165) is 47.9 Å². The predicted molar refractivity (Wildman–Crippen MR) is 267 cm³/mol. The van der Waals surface area contributed by atoms with Gasteiger partial charge in [-0.05, 0) is 66.1 Å². The van der Waals surface area contributed by atoms with Crippen molar-refractivity contribution in [3.05, 3.63) is 173 Å². The number of rotatable bonds is 17. The molecule has 0 aromatic heterocycles. The Morgan fingerprint density at radius 1 is 0.444 bits per heavy atom. The SMILES string of the molecule is O=CCOc1cc(C(=O)N2C[C@@H](C(=O)N[C@H]3C[C@@H]3c3ccccc3)[C@H](C(=O)N[C@H]3C[C@@H]3c3ccccc3)C2)ccc1C(=O)N1C[C@@H](C(=O)N[C@H]2C[C@@H]2c2ccccc2)[C@H](C(=O)N[C@H]2C[C@@H]2c2ccccc2)C1. The van der Waals surface area contributed by atoms with Crippen LogP contribution in [0.5, 0.6) is 5.75 Å². The third-order valence-corrected chi connectivity index (χ3v) is 15.7. The number of carbonyl (C=O) groups excluding carboxylic acids is 7. The monoisotopic (exact) mass is 966 g/mol. The Balaban J connectivity index is 0.799. The molecule has 0 spiro atoms. The van der Waals surface area contributed by atoms with Crippen LogP contribution in [0.2, 0.25) is 0 Å². The number of ether oxygens (including phenoxy) is 1. The molecule has 11 rings (SSSR count). The van der Waals surface area contributed by atoms with E-state index in [9.17, 15) is 33.6 Å². The lowest BCUT2D eigenvalue weighted by Gasteiger charge is -2.20. The van der Waals surface area contributed by atoms with Gasteiger partial charge in [0.25, 0.3) is 11.8 Å². The van der Waals surface area contributed by atoms with Crippen LogP contribution in [0.1, 0.15) is 92.3 Å². The van der Waals surface area contributed by atoms with E-state index in [0.29, 0.717) is 6.29 Å². The van der Waals surface area contributed by atoms with Crippen molar-refractivity contribution in [1.82, 2.24) is 31.1 Å². The van der Waals surface area contributed by atoms with Gasteiger partial charge in [-0.15, -0.1) is 0 Å². The molecule has 5 aromatic carbocycles. The number of likely N-dealkylation sites (tertiary alicyclic amines) is 2. The zero-order valence-corrected chi connectivity index (χ0v) is 39.8. The van der Waals surface area contributed by atoms with E-state index in [-0.39, 0.29) is 115 Å². The molecule has 14 heteroatoms. The Hall–Kier alpha value is -7.61. The summed E-state index contributed by atoms with van der Waals surface area (Å²) < 4.78 is 5.84. The molecule has 0 bridgehead atoms. The van der Waals surface area contributed by atoms with Crippen molar-refractivity contribution in [3.63, 3.8) is 0 Å². The number of hydrogen-bond donors (Lipinski definition) is 4. The maximum Gasteiger partial charge on any atom is 0.257 e. The molecule has 0 unspecified atom stereocenters. The van der Waals surface area contributed by atoms with Crippen LogP contribution in [0.3, 0.4) is 0 Å². The van der Waals surface area contributed by atoms with Crippen molar-refractivity contribution in [2.75, 3.05) is 32.8 Å². The maximum atomic E-state index is 14.6. The van der Waals surface area contributed by atoms with Crippen molar-refractivity contribution in [2.24, 2.45) is 23.7 Å². The van der Waals surface area contributed by atoms with E-state index < -0.39 is 42.1 Å². The Morgan fingerprint density at radius 3 is 1.08 bits per heavy atom. The normalized spacial score (nSPS) is 28.5. The summed E-state index contributed by atoms with van der Waals surface area (Å²) in [4.78, 5) is 100. The molecule has 72 heavy (non-hydrogen) atoms. The van der Waals surface area contributed by atoms with E-state index >= 15 is 0 Å². The minimum Gasteiger partial charge on any atom is -0.485 e. The third kappa shape index (κ3) is 9.99. The lowest BCUT2D eigenvalue weighted by Crippen LogP contribution is -2.43. The lowest BCUT2D eigenvalue weighted by molar-refractivity contribution is -0.133. The summed E-state index contributed by atoms with van der Waals surface area (Å²) in [5, 5.41) is 12.7. The number of aldehydes is 1. The van der Waals surface area contributed by atoms with Gasteiger partial charge in [-0.3, -0.25) is 33.6 Å². The smallest absolute Gasteiger partial charge is 0.257 e. The van der Waals surface area contributed by atoms with Crippen LogP contribution >= 0.6 is 0 Å². The van der Waals surface area contributed by atoms with Gasteiger partial charge in [-0.25, -0.2) is 0 Å². The Labute approximate surface area is 418 Å². The highest BCUT2D eigenvalue weighted by atomic mass is 16.5. The second-order valence-corrected chi connectivity index (χ2v) is 20.5. The van der Waals surface area contributed by atoms with Gasteiger partial charge in [-0.1, -0.05) is 121 Å². The standard InChI is InChI=1S/C58H58N6O8/c65-23-24-72-52-25-38(57(70)63-30-44(53(66)59-48-26-40(48)34-13-5-1-6-14-34)45(31-63)54(67)60-49-27-41(49)35-15-7-2-8-16-35)21-22-39(52)58(71)64-32-46(55(68)61-50-28-42(50)36-17-9-3-10-18-36)47(33-64)56(69)62-51-29-43(51)37-19-11-4-12-20-37/h1-23,25,40-51H,24,26-33H2,(H,59,66)(H,60,67)(H,61,68)(H,62,69)/t40-,41-,42-,43-,44-,45-,46-,47-,48+,49+,50+,51+/m1/s1. The highest BCUT2D eigenvalue weighted by Crippen LogP contribution is 2.45. The zero-order chi connectivity index (χ0) is 49.5. The lowest BCUT2D eigenvalue weighted by atomic mass is 9.94. The summed E-state index contributed by atoms with van der Waals surface area (Å²) in [5.41, 5.74) is 4.71. The molecule has 6 amide bonds. The van der Waals surface area contributed by atoms with Gasteiger partial charge in [0.2, 0.25) is 23.6 Å². The van der Waals surface area contributed by atoms with Gasteiger partial charge in [0, 0.05) is 79.6 Å². The fourth-order valence-electron chi connectivity index (χ4n) is 11.3. The summed E-state index contributed by atoms with van der Waals surface area (Å²) in [7, 11) is 0. The number of hydrogen-bond acceptors (Lipinski definition) is 8. The van der Waals surface area contributed by atoms with E-state index in [1.165, 1.54) is 28.0 Å². The van der Waals surface area contributed by atoms with Crippen LogP contribution in [0.25, 0.3) is 0 Å². The van der Waals surface area contributed by atoms with Gasteiger partial charge in [0.05, 0.1) is 29.2 Å². The Kier molecular flexibility index (Phi) is 12.9. The molecule has 4 N–H and O–H groups in total. The van der Waals surface area contributed by atoms with Crippen LogP contribution in [-0.4, -0.2) is 108 Å². The highest BCUT2D eigenvalue weighted by molar-refractivity contribution is 6.02. The third-order valence-electron chi connectivity index (χ3n) is 15.7. The van der Waals surface area contributed by atoms with Gasteiger partial charge in [0.1, 0.15) is 12.4 Å². The van der Waals surface area contributed by atoms with Crippen molar-refractivity contribution >= 4 is 41.7 Å². The van der Waals surface area contributed by atoms with Gasteiger partial charge >= 0.3 is 0 Å². The molecule has 6 aliphatic rings. The van der Waals surface area contributed by atoms with Crippen molar-refractivity contribution in [3.8, 4) is 5.75 Å². The van der Waals surface area contributed by atoms with E-state index in [1.54, 1.807) is 0 Å². The van der Waals surface area contributed by atoms with Gasteiger partial charge in [0.15, 0.2) is 6.29 Å². The maximum absolute atomic E-state index is 14.6. The minimum atomic E-state index is -0.834. The summed E-state index contributed by atoms with van der Waals surface area (Å²) in [6, 6.07) is 43.9. The number of amides is 6. The Bertz CT molecular complexity index is 2720. The van der Waals surface area contributed by atoms with Crippen LogP contribution in [-0.2, 0) is 24.0 Å². The van der Waals surface area contributed by atoms with Gasteiger partial charge < -0.3 is 35.8 Å². The van der Waals surface area contributed by atoms with E-state index in [2.05, 4.69) is 21.3 Å². The van der Waals surface area contributed by atoms with Crippen molar-refractivity contribution in [2.45, 2.75) is 73.5 Å². The summed E-state index contributed by atoms with van der Waals surface area (Å²) >= 11 is 0. The molecular weight excluding hydrogens is 909 g/mol. The van der Waals surface area contributed by atoms with E-state index in [4.69, 9.17) is 4.74 Å². The van der Waals surface area contributed by atoms with E-state index in [1.807, 2.05) is 121 Å². The molecule has 2 aliphatic heterocycles. The average Bonchev–Trinajstić information content (AvgIpc) is 4.35. The number of carbonyl (C=O) groups is 7. The molecule has 0 radical (unpaired) electrons. The topological polar surface area (TPSA) is 183 Å². The number of benzene rings is 5. The highest BCUT2D eigenvalue weighted by Gasteiger charge is 2.51. The first-order chi connectivity index (χ1) is 35.1. The summed E-state index contributed by atoms with van der Waals surface area (Å²) in [6.45, 7) is -0.500. The molecule has 5 aromatic rings. The molecule has 4 saturated carbocycles. The molecule has 2 heterocycles. The predicted octanol–water partition coefficient (Wildman–Crippen LogP) is 5.33. The first kappa shape index (κ1) is 46.8. The largest absolute Gasteiger partial charge is 0.485 e. The second-order valence-electron chi connectivity index (χ2n) is 20.5. The molecule has 14 nitrogen and oxygen atoms in total. The zero-order valence-electron chi connectivity index (χ0n) is 39.8. The summed E-state index contributed by atoms with van der Waals surface area (Å²) in [5.74, 6) is -4.82. The molecular formula is C58H58N6O8. The first-order valence-electron chi connectivity index (χ1n) is 25.3. The van der Waals surface area contributed by atoms with Gasteiger partial charge in [-0.2, -0.15) is 0 Å². The van der Waals surface area contributed by atoms with Crippen molar-refractivity contribution < 1.29 is 38.3 Å². The quantitative estimate of drug-likeness (QED) is 0.0903. The Morgan fingerprint density at radius 2 is 0.764 bits per heavy atom. The fourth-order valence-corrected chi connectivity index (χ4v) is 11.3. The van der Waals surface area contributed by atoms with Crippen LogP contribution in [0.15, 0.2) is 140 Å². The number of nitrogens with one attached hydrogen (secondary N) is 4. The van der Waals surface area contributed by atoms with Crippen molar-refractivity contribution in [1.29, 1.82) is 0 Å². The fraction of sp³-hybridized carbons (Fsp3) is 0.362. The van der Waals surface area contributed by atoms with Crippen LogP contribution < -0.4 is 26.0 Å². The molecule has 368 valence electrons. The minimum absolute atomic E-state index is 0.00987. The van der Waals surface area contributed by atoms with Crippen LogP contribution in [0, 0.1) is 23.7 Å².